The van der Waals surface area contributed by atoms with Gasteiger partial charge in [-0.25, -0.2) is 18.7 Å². The number of rotatable bonds is 8. The Bertz CT molecular complexity index is 1520. The predicted molar refractivity (Wildman–Crippen MR) is 140 cm³/mol. The quantitative estimate of drug-likeness (QED) is 0.248. The molecule has 0 aliphatic heterocycles. The van der Waals surface area contributed by atoms with Crippen molar-refractivity contribution in [1.29, 1.82) is 0 Å². The van der Waals surface area contributed by atoms with E-state index in [4.69, 9.17) is 0 Å². The molecular formula is C26H26F5N7O. The smallest absolute Gasteiger partial charge is 0.372 e. The van der Waals surface area contributed by atoms with E-state index in [2.05, 4.69) is 25.6 Å². The fraction of sp³-hybridized carbons (Fsp3) is 0.269. The summed E-state index contributed by atoms with van der Waals surface area (Å²) in [5, 5.41) is 5.46. The van der Waals surface area contributed by atoms with Crippen molar-refractivity contribution in [2.75, 3.05) is 49.8 Å². The highest BCUT2D eigenvalue weighted by atomic mass is 19.4. The first-order chi connectivity index (χ1) is 18.3. The summed E-state index contributed by atoms with van der Waals surface area (Å²) in [6, 6.07) is 6.54. The van der Waals surface area contributed by atoms with Gasteiger partial charge in [0.25, 0.3) is 0 Å². The van der Waals surface area contributed by atoms with Crippen LogP contribution in [0.4, 0.5) is 45.0 Å². The number of aromatic nitrogens is 3. The number of nitrogens with zero attached hydrogens (tertiary/aromatic N) is 4. The van der Waals surface area contributed by atoms with Crippen LogP contribution in [0, 0.1) is 11.6 Å². The van der Waals surface area contributed by atoms with E-state index in [1.165, 1.54) is 43.5 Å². The van der Waals surface area contributed by atoms with E-state index >= 15 is 4.39 Å². The lowest BCUT2D eigenvalue weighted by molar-refractivity contribution is -0.137. The van der Waals surface area contributed by atoms with Crippen LogP contribution in [0.3, 0.4) is 0 Å². The molecule has 0 aliphatic carbocycles. The second-order valence-electron chi connectivity index (χ2n) is 9.20. The largest absolute Gasteiger partial charge is 0.419 e. The van der Waals surface area contributed by atoms with Gasteiger partial charge in [-0.15, -0.1) is 0 Å². The van der Waals surface area contributed by atoms with Crippen molar-refractivity contribution in [2.24, 2.45) is 0 Å². The third-order valence-corrected chi connectivity index (χ3v) is 5.95. The van der Waals surface area contributed by atoms with Crippen molar-refractivity contribution in [3.8, 4) is 11.3 Å². The van der Waals surface area contributed by atoms with Gasteiger partial charge in [0.2, 0.25) is 11.9 Å². The van der Waals surface area contributed by atoms with Crippen molar-refractivity contribution in [3.63, 3.8) is 0 Å². The number of benzene rings is 2. The minimum absolute atomic E-state index is 0.000419. The normalized spacial score (nSPS) is 11.7. The maximum absolute atomic E-state index is 15.2. The summed E-state index contributed by atoms with van der Waals surface area (Å²) in [5.74, 6) is -2.10. The average molecular weight is 548 g/mol. The molecule has 0 saturated heterocycles. The molecule has 0 radical (unpaired) electrons. The molecule has 2 aromatic heterocycles. The molecule has 2 heterocycles. The molecule has 1 amide bonds. The Kier molecular flexibility index (Phi) is 7.72. The first-order valence-corrected chi connectivity index (χ1v) is 11.8. The predicted octanol–water partition coefficient (Wildman–Crippen LogP) is 5.62. The zero-order valence-corrected chi connectivity index (χ0v) is 21.5. The molecule has 4 aromatic rings. The highest BCUT2D eigenvalue weighted by Gasteiger charge is 2.36. The second kappa shape index (κ2) is 10.8. The van der Waals surface area contributed by atoms with Crippen LogP contribution < -0.4 is 15.5 Å². The molecule has 0 unspecified atom stereocenters. The molecule has 0 saturated carbocycles. The number of nitrogens with one attached hydrogen (secondary N) is 3. The molecule has 39 heavy (non-hydrogen) atoms. The topological polar surface area (TPSA) is 89.2 Å². The number of carbonyl (C=O) groups excluding carboxylic acids is 1. The number of para-hydroxylation sites is 1. The standard InChI is InChI=1S/C26H26F5N7O/c1-14(39)34-21-11-20(19(28)10-22(21)38(4)9-8-37(2)3)35-25-33-13-17(26(29,30)31)23(36-25)16-12-32-24-15(16)6-5-7-18(24)27/h5-7,10-13,32H,8-9H2,1-4H3,(H,34,39)(H,33,35,36). The Labute approximate surface area is 220 Å². The molecule has 8 nitrogen and oxygen atoms in total. The van der Waals surface area contributed by atoms with Gasteiger partial charge in [-0.2, -0.15) is 13.2 Å². The van der Waals surface area contributed by atoms with Crippen LogP contribution in [0.5, 0.6) is 0 Å². The molecular weight excluding hydrogens is 521 g/mol. The number of alkyl halides is 3. The van der Waals surface area contributed by atoms with Gasteiger partial charge in [0.1, 0.15) is 17.2 Å². The highest BCUT2D eigenvalue weighted by Crippen LogP contribution is 2.39. The Hall–Kier alpha value is -4.26. The number of H-pyrrole nitrogens is 1. The van der Waals surface area contributed by atoms with Gasteiger partial charge in [-0.05, 0) is 26.2 Å². The van der Waals surface area contributed by atoms with Crippen molar-refractivity contribution >= 4 is 39.8 Å². The second-order valence-corrected chi connectivity index (χ2v) is 9.20. The van der Waals surface area contributed by atoms with E-state index in [0.717, 1.165) is 0 Å². The van der Waals surface area contributed by atoms with Crippen molar-refractivity contribution in [1.82, 2.24) is 19.9 Å². The molecule has 0 atom stereocenters. The van der Waals surface area contributed by atoms with Crippen LogP contribution in [0.2, 0.25) is 0 Å². The fourth-order valence-corrected chi connectivity index (χ4v) is 4.02. The van der Waals surface area contributed by atoms with E-state index in [1.54, 1.807) is 11.9 Å². The minimum Gasteiger partial charge on any atom is -0.372 e. The number of anilines is 4. The number of carbonyl (C=O) groups is 1. The number of fused-ring (bicyclic) bond motifs is 1. The van der Waals surface area contributed by atoms with Gasteiger partial charge >= 0.3 is 6.18 Å². The van der Waals surface area contributed by atoms with Crippen LogP contribution in [-0.2, 0) is 11.0 Å². The van der Waals surface area contributed by atoms with Crippen LogP contribution in [0.1, 0.15) is 12.5 Å². The summed E-state index contributed by atoms with van der Waals surface area (Å²) in [6.07, 6.45) is -3.00. The van der Waals surface area contributed by atoms with Crippen molar-refractivity contribution < 1.29 is 26.7 Å². The Balaban J connectivity index is 1.77. The van der Waals surface area contributed by atoms with Gasteiger partial charge in [0.15, 0.2) is 0 Å². The number of likely N-dealkylation sites (N-methyl/N-ethyl adjacent to an activating group) is 2. The molecule has 3 N–H and O–H groups in total. The lowest BCUT2D eigenvalue weighted by Gasteiger charge is -2.25. The van der Waals surface area contributed by atoms with Crippen molar-refractivity contribution in [2.45, 2.75) is 13.1 Å². The lowest BCUT2D eigenvalue weighted by Crippen LogP contribution is -2.29. The number of amides is 1. The van der Waals surface area contributed by atoms with E-state index in [0.29, 0.717) is 25.0 Å². The summed E-state index contributed by atoms with van der Waals surface area (Å²) >= 11 is 0. The van der Waals surface area contributed by atoms with Crippen LogP contribution >= 0.6 is 0 Å². The first-order valence-electron chi connectivity index (χ1n) is 11.8. The molecule has 13 heteroatoms. The summed E-state index contributed by atoms with van der Waals surface area (Å²) in [7, 11) is 5.52. The van der Waals surface area contributed by atoms with Crippen LogP contribution in [-0.4, -0.2) is 60.0 Å². The maximum atomic E-state index is 15.2. The highest BCUT2D eigenvalue weighted by molar-refractivity contribution is 5.96. The molecule has 206 valence electrons. The summed E-state index contributed by atoms with van der Waals surface area (Å²) in [6.45, 7) is 2.50. The molecule has 2 aromatic carbocycles. The van der Waals surface area contributed by atoms with E-state index in [1.807, 2.05) is 19.0 Å². The molecule has 4 rings (SSSR count). The first kappa shape index (κ1) is 27.8. The number of aromatic amines is 1. The maximum Gasteiger partial charge on any atom is 0.419 e. The molecule has 0 bridgehead atoms. The van der Waals surface area contributed by atoms with Crippen molar-refractivity contribution in [3.05, 3.63) is 59.9 Å². The minimum atomic E-state index is -4.81. The fourth-order valence-electron chi connectivity index (χ4n) is 4.02. The van der Waals surface area contributed by atoms with Crippen LogP contribution in [0.15, 0.2) is 42.7 Å². The summed E-state index contributed by atoms with van der Waals surface area (Å²) < 4.78 is 71.0. The van der Waals surface area contributed by atoms with E-state index in [9.17, 15) is 22.4 Å². The zero-order valence-electron chi connectivity index (χ0n) is 21.5. The van der Waals surface area contributed by atoms with E-state index in [-0.39, 0.29) is 33.8 Å². The summed E-state index contributed by atoms with van der Waals surface area (Å²) in [5.41, 5.74) is -1.11. The van der Waals surface area contributed by atoms with Crippen LogP contribution in [0.25, 0.3) is 22.2 Å². The van der Waals surface area contributed by atoms with Gasteiger partial charge in [-0.3, -0.25) is 4.79 Å². The Morgan fingerprint density at radius 1 is 1.05 bits per heavy atom. The molecule has 0 spiro atoms. The van der Waals surface area contributed by atoms with E-state index < -0.39 is 35.0 Å². The Morgan fingerprint density at radius 3 is 2.46 bits per heavy atom. The third-order valence-electron chi connectivity index (χ3n) is 5.95. The average Bonchev–Trinajstić information content (AvgIpc) is 3.29. The SMILES string of the molecule is CC(=O)Nc1cc(Nc2ncc(C(F)(F)F)c(-c3c[nH]c4c(F)cccc34)n2)c(F)cc1N(C)CCN(C)C. The van der Waals surface area contributed by atoms with Gasteiger partial charge in [0.05, 0.1) is 28.3 Å². The monoisotopic (exact) mass is 547 g/mol. The third kappa shape index (κ3) is 6.08. The molecule has 0 fully saturated rings. The van der Waals surface area contributed by atoms with Gasteiger partial charge in [0, 0.05) is 56.5 Å². The number of hydrogen-bond acceptors (Lipinski definition) is 6. The Morgan fingerprint density at radius 2 is 1.79 bits per heavy atom. The number of hydrogen-bond donors (Lipinski definition) is 3. The lowest BCUT2D eigenvalue weighted by atomic mass is 10.1. The van der Waals surface area contributed by atoms with Gasteiger partial charge < -0.3 is 25.4 Å². The summed E-state index contributed by atoms with van der Waals surface area (Å²) in [4.78, 5) is 26.0. The zero-order chi connectivity index (χ0) is 28.5. The van der Waals surface area contributed by atoms with Gasteiger partial charge in [-0.1, -0.05) is 12.1 Å². The molecule has 0 aliphatic rings. The number of halogens is 5.